The second-order valence-corrected chi connectivity index (χ2v) is 3.64. The van der Waals surface area contributed by atoms with Crippen molar-refractivity contribution >= 4 is 27.8 Å². The molecule has 0 unspecified atom stereocenters. The van der Waals surface area contributed by atoms with Crippen molar-refractivity contribution in [2.45, 2.75) is 0 Å². The monoisotopic (exact) mass is 253 g/mol. The number of hydrogen-bond acceptors (Lipinski definition) is 4. The molecule has 2 rings (SSSR count). The summed E-state index contributed by atoms with van der Waals surface area (Å²) in [7, 11) is 0. The van der Waals surface area contributed by atoms with Gasteiger partial charge in [0, 0.05) is 4.47 Å². The van der Waals surface area contributed by atoms with Gasteiger partial charge in [0.15, 0.2) is 0 Å². The van der Waals surface area contributed by atoms with E-state index in [1.807, 2.05) is 24.3 Å². The molecule has 2 aromatic rings. The van der Waals surface area contributed by atoms with Crippen LogP contribution in [0.5, 0.6) is 0 Å². The quantitative estimate of drug-likeness (QED) is 0.800. The number of halogens is 1. The minimum Gasteiger partial charge on any atom is -0.368 e. The van der Waals surface area contributed by atoms with Crippen LogP contribution < -0.4 is 11.5 Å². The third-order valence-electron chi connectivity index (χ3n) is 1.70. The molecule has 0 atom stereocenters. The molecule has 0 saturated carbocycles. The molecule has 0 aliphatic heterocycles. The average molecular weight is 254 g/mol. The molecule has 72 valence electrons. The van der Waals surface area contributed by atoms with E-state index in [0.29, 0.717) is 0 Å². The zero-order chi connectivity index (χ0) is 10.1. The van der Waals surface area contributed by atoms with E-state index >= 15 is 0 Å². The summed E-state index contributed by atoms with van der Waals surface area (Å²) in [5, 5.41) is 3.96. The van der Waals surface area contributed by atoms with Gasteiger partial charge in [-0.1, -0.05) is 22.0 Å². The molecule has 0 aliphatic carbocycles. The van der Waals surface area contributed by atoms with Crippen molar-refractivity contribution in [2.24, 2.45) is 0 Å². The average Bonchev–Trinajstić information content (AvgIpc) is 2.45. The minimum atomic E-state index is 0.169. The first-order valence-corrected chi connectivity index (χ1v) is 4.70. The van der Waals surface area contributed by atoms with E-state index in [0.717, 1.165) is 10.2 Å². The topological polar surface area (TPSA) is 82.7 Å². The number of aromatic nitrogens is 3. The molecule has 0 bridgehead atoms. The molecular weight excluding hydrogens is 246 g/mol. The maximum Gasteiger partial charge on any atom is 0.241 e. The van der Waals surface area contributed by atoms with Crippen LogP contribution in [0.1, 0.15) is 0 Å². The fourth-order valence-electron chi connectivity index (χ4n) is 1.14. The summed E-state index contributed by atoms with van der Waals surface area (Å²) in [5.74, 6) is 0.447. The van der Waals surface area contributed by atoms with Gasteiger partial charge in [0.1, 0.15) is 0 Å². The smallest absolute Gasteiger partial charge is 0.241 e. The van der Waals surface area contributed by atoms with Gasteiger partial charge in [0.2, 0.25) is 11.9 Å². The fraction of sp³-hybridized carbons (Fsp3) is 0. The maximum atomic E-state index is 5.62. The van der Waals surface area contributed by atoms with E-state index in [-0.39, 0.29) is 11.9 Å². The van der Waals surface area contributed by atoms with Crippen LogP contribution in [0.2, 0.25) is 0 Å². The molecule has 6 heteroatoms. The molecule has 0 amide bonds. The van der Waals surface area contributed by atoms with E-state index in [4.69, 9.17) is 11.5 Å². The first-order valence-electron chi connectivity index (χ1n) is 3.91. The molecule has 5 nitrogen and oxygen atoms in total. The number of nitrogens with two attached hydrogens (primary N) is 2. The number of rotatable bonds is 1. The van der Waals surface area contributed by atoms with Gasteiger partial charge in [0.25, 0.3) is 0 Å². The highest BCUT2D eigenvalue weighted by Crippen LogP contribution is 2.17. The number of hydrogen-bond donors (Lipinski definition) is 2. The zero-order valence-electron chi connectivity index (χ0n) is 7.18. The fourth-order valence-corrected chi connectivity index (χ4v) is 1.53. The minimum absolute atomic E-state index is 0.169. The Balaban J connectivity index is 2.54. The SMILES string of the molecule is Nc1nc(N)n(-c2cccc(Br)c2)n1. The molecular formula is C8H8BrN5. The third kappa shape index (κ3) is 1.56. The van der Waals surface area contributed by atoms with E-state index in [9.17, 15) is 0 Å². The zero-order valence-corrected chi connectivity index (χ0v) is 8.77. The second-order valence-electron chi connectivity index (χ2n) is 2.72. The highest BCUT2D eigenvalue weighted by atomic mass is 79.9. The normalized spacial score (nSPS) is 10.4. The van der Waals surface area contributed by atoms with Crippen molar-refractivity contribution in [2.75, 3.05) is 11.5 Å². The van der Waals surface area contributed by atoms with Crippen LogP contribution in [0.3, 0.4) is 0 Å². The van der Waals surface area contributed by atoms with Crippen LogP contribution in [0, 0.1) is 0 Å². The van der Waals surface area contributed by atoms with Crippen LogP contribution in [-0.4, -0.2) is 14.8 Å². The van der Waals surface area contributed by atoms with Crippen LogP contribution in [0.15, 0.2) is 28.7 Å². The third-order valence-corrected chi connectivity index (χ3v) is 2.19. The lowest BCUT2D eigenvalue weighted by atomic mass is 10.3. The van der Waals surface area contributed by atoms with E-state index in [2.05, 4.69) is 26.0 Å². The molecule has 0 spiro atoms. The van der Waals surface area contributed by atoms with Gasteiger partial charge in [0.05, 0.1) is 5.69 Å². The van der Waals surface area contributed by atoms with Crippen molar-refractivity contribution in [3.8, 4) is 5.69 Å². The second kappa shape index (κ2) is 3.30. The van der Waals surface area contributed by atoms with Gasteiger partial charge in [-0.2, -0.15) is 9.67 Å². The van der Waals surface area contributed by atoms with Crippen LogP contribution in [-0.2, 0) is 0 Å². The number of benzene rings is 1. The van der Waals surface area contributed by atoms with Gasteiger partial charge in [-0.05, 0) is 18.2 Å². The summed E-state index contributed by atoms with van der Waals surface area (Å²) < 4.78 is 2.43. The summed E-state index contributed by atoms with van der Waals surface area (Å²) >= 11 is 3.36. The van der Waals surface area contributed by atoms with Gasteiger partial charge >= 0.3 is 0 Å². The van der Waals surface area contributed by atoms with Crippen LogP contribution >= 0.6 is 15.9 Å². The predicted octanol–water partition coefficient (Wildman–Crippen LogP) is 1.19. The summed E-state index contributed by atoms with van der Waals surface area (Å²) in [6, 6.07) is 7.55. The van der Waals surface area contributed by atoms with Gasteiger partial charge in [-0.15, -0.1) is 5.10 Å². The van der Waals surface area contributed by atoms with E-state index < -0.39 is 0 Å². The number of anilines is 2. The van der Waals surface area contributed by atoms with Crippen molar-refractivity contribution in [3.05, 3.63) is 28.7 Å². The predicted molar refractivity (Wildman–Crippen MR) is 57.9 cm³/mol. The van der Waals surface area contributed by atoms with Crippen molar-refractivity contribution in [1.82, 2.24) is 14.8 Å². The van der Waals surface area contributed by atoms with Crippen LogP contribution in [0.4, 0.5) is 11.9 Å². The molecule has 4 N–H and O–H groups in total. The summed E-state index contributed by atoms with van der Waals surface area (Å²) in [6.45, 7) is 0. The lowest BCUT2D eigenvalue weighted by Crippen LogP contribution is -2.02. The van der Waals surface area contributed by atoms with E-state index in [1.54, 1.807) is 0 Å². The first-order chi connectivity index (χ1) is 6.66. The Hall–Kier alpha value is -1.56. The number of nitrogens with zero attached hydrogens (tertiary/aromatic N) is 3. The van der Waals surface area contributed by atoms with Crippen molar-refractivity contribution in [3.63, 3.8) is 0 Å². The molecule has 1 aromatic heterocycles. The maximum absolute atomic E-state index is 5.62. The molecule has 0 fully saturated rings. The standard InChI is InChI=1S/C8H8BrN5/c9-5-2-1-3-6(4-5)14-8(11)12-7(10)13-14/h1-4H,(H4,10,11,12,13). The van der Waals surface area contributed by atoms with Gasteiger partial charge < -0.3 is 11.5 Å². The molecule has 1 aromatic carbocycles. The van der Waals surface area contributed by atoms with Crippen LogP contribution in [0.25, 0.3) is 5.69 Å². The van der Waals surface area contributed by atoms with Crippen molar-refractivity contribution in [1.29, 1.82) is 0 Å². The Bertz CT molecular complexity index is 465. The molecule has 1 heterocycles. The lowest BCUT2D eigenvalue weighted by molar-refractivity contribution is 0.895. The summed E-state index contributed by atoms with van der Waals surface area (Å²) in [4.78, 5) is 3.81. The Morgan fingerprint density at radius 3 is 2.64 bits per heavy atom. The Morgan fingerprint density at radius 1 is 1.29 bits per heavy atom. The van der Waals surface area contributed by atoms with Crippen molar-refractivity contribution < 1.29 is 0 Å². The summed E-state index contributed by atoms with van der Waals surface area (Å²) in [6.07, 6.45) is 0. The van der Waals surface area contributed by atoms with Gasteiger partial charge in [-0.25, -0.2) is 0 Å². The highest BCUT2D eigenvalue weighted by Gasteiger charge is 2.05. The Labute approximate surface area is 88.9 Å². The molecule has 14 heavy (non-hydrogen) atoms. The van der Waals surface area contributed by atoms with Gasteiger partial charge in [-0.3, -0.25) is 0 Å². The first kappa shape index (κ1) is 9.01. The molecule has 0 radical (unpaired) electrons. The Kier molecular flexibility index (Phi) is 2.12. The molecule has 0 saturated heterocycles. The number of nitrogen functional groups attached to an aromatic ring is 2. The molecule has 0 aliphatic rings. The highest BCUT2D eigenvalue weighted by molar-refractivity contribution is 9.10. The van der Waals surface area contributed by atoms with E-state index in [1.165, 1.54) is 4.68 Å². The summed E-state index contributed by atoms with van der Waals surface area (Å²) in [5.41, 5.74) is 11.9. The largest absolute Gasteiger partial charge is 0.368 e. The lowest BCUT2D eigenvalue weighted by Gasteiger charge is -2.01. The Morgan fingerprint density at radius 2 is 2.07 bits per heavy atom.